The highest BCUT2D eigenvalue weighted by molar-refractivity contribution is 5.88. The molecule has 2 saturated heterocycles. The van der Waals surface area contributed by atoms with Crippen molar-refractivity contribution >= 4 is 11.8 Å². The summed E-state index contributed by atoms with van der Waals surface area (Å²) in [6.45, 7) is 13.1. The second kappa shape index (κ2) is 14.4. The van der Waals surface area contributed by atoms with Crippen molar-refractivity contribution in [1.29, 1.82) is 0 Å². The van der Waals surface area contributed by atoms with Crippen molar-refractivity contribution < 1.29 is 19.8 Å². The van der Waals surface area contributed by atoms with Gasteiger partial charge in [-0.3, -0.25) is 14.5 Å². The standard InChI is InChI=1S/C39H67N3O4/c1-5-6-7-8-9-10-13-36(45)42-20-11-12-33(42)37(46)41-23-21-40(22-24-41)34-26-39(4)28(25-35(34)44)14-15-29-31-17-16-30(27(2)43)38(31,3)19-18-32(29)39/h27-35,43-44H,5-26H2,1-4H3/t27-,28+,29+,30-,31+,32+,33+,34+,35+,38-,39+/m1/s1. The number of aliphatic hydroxyl groups excluding tert-OH is 2. The lowest BCUT2D eigenvalue weighted by Crippen LogP contribution is -2.62. The van der Waals surface area contributed by atoms with Crippen LogP contribution in [0.3, 0.4) is 0 Å². The van der Waals surface area contributed by atoms with Crippen molar-refractivity contribution in [2.24, 2.45) is 40.4 Å². The number of piperazine rings is 1. The van der Waals surface area contributed by atoms with Crippen LogP contribution in [-0.4, -0.2) is 93.7 Å². The molecule has 2 heterocycles. The number of nitrogens with zero attached hydrogens (tertiary/aromatic N) is 3. The van der Waals surface area contributed by atoms with E-state index in [2.05, 4.69) is 25.7 Å². The maximum atomic E-state index is 13.7. The van der Waals surface area contributed by atoms with E-state index in [0.29, 0.717) is 31.3 Å². The molecule has 4 aliphatic carbocycles. The monoisotopic (exact) mass is 642 g/mol. The van der Waals surface area contributed by atoms with Crippen molar-refractivity contribution in [3.05, 3.63) is 0 Å². The van der Waals surface area contributed by atoms with Crippen LogP contribution in [-0.2, 0) is 9.59 Å². The zero-order chi connectivity index (χ0) is 32.6. The third-order valence-electron chi connectivity index (χ3n) is 15.0. The maximum Gasteiger partial charge on any atom is 0.245 e. The molecule has 46 heavy (non-hydrogen) atoms. The summed E-state index contributed by atoms with van der Waals surface area (Å²) in [7, 11) is 0. The van der Waals surface area contributed by atoms with Crippen LogP contribution in [0.2, 0.25) is 0 Å². The van der Waals surface area contributed by atoms with E-state index < -0.39 is 0 Å². The Kier molecular flexibility index (Phi) is 10.8. The fraction of sp³-hybridized carbons (Fsp3) is 0.949. The van der Waals surface area contributed by atoms with E-state index in [-0.39, 0.29) is 46.9 Å². The van der Waals surface area contributed by atoms with E-state index >= 15 is 0 Å². The van der Waals surface area contributed by atoms with E-state index in [4.69, 9.17) is 0 Å². The van der Waals surface area contributed by atoms with Crippen molar-refractivity contribution in [2.75, 3.05) is 32.7 Å². The van der Waals surface area contributed by atoms with E-state index in [1.165, 1.54) is 64.2 Å². The first kappa shape index (κ1) is 34.7. The van der Waals surface area contributed by atoms with Crippen LogP contribution in [0.15, 0.2) is 0 Å². The van der Waals surface area contributed by atoms with E-state index in [1.807, 2.05) is 16.7 Å². The van der Waals surface area contributed by atoms with Gasteiger partial charge < -0.3 is 20.0 Å². The third-order valence-corrected chi connectivity index (χ3v) is 15.0. The molecular formula is C39H67N3O4. The van der Waals surface area contributed by atoms with Gasteiger partial charge in [0.15, 0.2) is 0 Å². The zero-order valence-electron chi connectivity index (χ0n) is 29.8. The van der Waals surface area contributed by atoms with Gasteiger partial charge in [0.1, 0.15) is 6.04 Å². The van der Waals surface area contributed by atoms with Crippen LogP contribution in [0.1, 0.15) is 137 Å². The van der Waals surface area contributed by atoms with E-state index in [1.54, 1.807) is 0 Å². The topological polar surface area (TPSA) is 84.3 Å². The lowest BCUT2D eigenvalue weighted by Gasteiger charge is -2.63. The Bertz CT molecular complexity index is 1060. The average Bonchev–Trinajstić information content (AvgIpc) is 3.67. The lowest BCUT2D eigenvalue weighted by atomic mass is 9.44. The highest BCUT2D eigenvalue weighted by Gasteiger charge is 2.62. The molecule has 2 amide bonds. The number of fused-ring (bicyclic) bond motifs is 5. The number of aliphatic hydroxyl groups is 2. The van der Waals surface area contributed by atoms with Gasteiger partial charge in [0.2, 0.25) is 11.8 Å². The second-order valence-electron chi connectivity index (χ2n) is 17.3. The minimum absolute atomic E-state index is 0.150. The summed E-state index contributed by atoms with van der Waals surface area (Å²) in [6.07, 6.45) is 18.3. The molecule has 0 radical (unpaired) electrons. The number of carbonyl (C=O) groups is 2. The molecule has 0 bridgehead atoms. The molecular weight excluding hydrogens is 574 g/mol. The van der Waals surface area contributed by atoms with Crippen LogP contribution in [0.4, 0.5) is 0 Å². The number of unbranched alkanes of at least 4 members (excludes halogenated alkanes) is 5. The van der Waals surface area contributed by atoms with Gasteiger partial charge in [-0.05, 0) is 118 Å². The Morgan fingerprint density at radius 1 is 0.848 bits per heavy atom. The predicted molar refractivity (Wildman–Crippen MR) is 183 cm³/mol. The normalized spacial score (nSPS) is 42.0. The second-order valence-corrected chi connectivity index (χ2v) is 17.3. The van der Waals surface area contributed by atoms with Crippen LogP contribution in [0, 0.1) is 40.4 Å². The number of rotatable bonds is 10. The summed E-state index contributed by atoms with van der Waals surface area (Å²) in [5.74, 6) is 3.57. The molecule has 2 aliphatic heterocycles. The molecule has 0 aromatic heterocycles. The van der Waals surface area contributed by atoms with Crippen molar-refractivity contribution in [3.63, 3.8) is 0 Å². The fourth-order valence-corrected chi connectivity index (χ4v) is 12.5. The Morgan fingerprint density at radius 2 is 1.57 bits per heavy atom. The molecule has 0 unspecified atom stereocenters. The van der Waals surface area contributed by atoms with Crippen molar-refractivity contribution in [1.82, 2.24) is 14.7 Å². The van der Waals surface area contributed by atoms with Gasteiger partial charge >= 0.3 is 0 Å². The van der Waals surface area contributed by atoms with Crippen molar-refractivity contribution in [3.8, 4) is 0 Å². The average molecular weight is 642 g/mol. The number of hydrogen-bond acceptors (Lipinski definition) is 5. The van der Waals surface area contributed by atoms with Gasteiger partial charge in [0.25, 0.3) is 0 Å². The summed E-state index contributed by atoms with van der Waals surface area (Å²) in [6, 6.07) is -0.111. The number of carbonyl (C=O) groups excluding carboxylic acids is 2. The largest absolute Gasteiger partial charge is 0.393 e. The molecule has 7 nitrogen and oxygen atoms in total. The number of amides is 2. The molecule has 262 valence electrons. The SMILES string of the molecule is CCCCCCCCC(=O)N1CCC[C@H]1C(=O)N1CCN([C@H]2C[C@@]3(C)[C@@H](CC[C@@H]4[C@@H]3CC[C@]3(C)[C@@H]([C@@H](C)O)CC[C@@H]43)C[C@@H]2O)CC1. The smallest absolute Gasteiger partial charge is 0.245 e. The Labute approximate surface area is 280 Å². The maximum absolute atomic E-state index is 13.7. The molecule has 0 aromatic rings. The molecule has 11 atom stereocenters. The minimum Gasteiger partial charge on any atom is -0.393 e. The first-order valence-corrected chi connectivity index (χ1v) is 19.8. The van der Waals surface area contributed by atoms with Gasteiger partial charge in [-0.2, -0.15) is 0 Å². The van der Waals surface area contributed by atoms with Gasteiger partial charge in [-0.15, -0.1) is 0 Å². The molecule has 2 N–H and O–H groups in total. The first-order valence-electron chi connectivity index (χ1n) is 19.8. The Morgan fingerprint density at radius 3 is 2.30 bits per heavy atom. The quantitative estimate of drug-likeness (QED) is 0.276. The van der Waals surface area contributed by atoms with Crippen molar-refractivity contribution in [2.45, 2.75) is 161 Å². The highest BCUT2D eigenvalue weighted by atomic mass is 16.3. The first-order chi connectivity index (χ1) is 22.1. The molecule has 6 rings (SSSR count). The van der Waals surface area contributed by atoms with Crippen LogP contribution < -0.4 is 0 Å². The van der Waals surface area contributed by atoms with Crippen LogP contribution in [0.25, 0.3) is 0 Å². The molecule has 0 aromatic carbocycles. The van der Waals surface area contributed by atoms with Crippen LogP contribution in [0.5, 0.6) is 0 Å². The summed E-state index contributed by atoms with van der Waals surface area (Å²) in [5, 5.41) is 22.2. The number of likely N-dealkylation sites (tertiary alicyclic amines) is 1. The van der Waals surface area contributed by atoms with Gasteiger partial charge in [0, 0.05) is 45.2 Å². The highest BCUT2D eigenvalue weighted by Crippen LogP contribution is 2.68. The molecule has 7 heteroatoms. The minimum atomic E-state index is -0.290. The van der Waals surface area contributed by atoms with Gasteiger partial charge in [-0.1, -0.05) is 52.9 Å². The van der Waals surface area contributed by atoms with Crippen LogP contribution >= 0.6 is 0 Å². The third kappa shape index (κ3) is 6.44. The predicted octanol–water partition coefficient (Wildman–Crippen LogP) is 6.25. The van der Waals surface area contributed by atoms with Gasteiger partial charge in [-0.25, -0.2) is 0 Å². The van der Waals surface area contributed by atoms with E-state index in [9.17, 15) is 19.8 Å². The molecule has 4 saturated carbocycles. The summed E-state index contributed by atoms with van der Waals surface area (Å²) < 4.78 is 0. The fourth-order valence-electron chi connectivity index (χ4n) is 12.5. The molecule has 6 aliphatic rings. The Hall–Kier alpha value is -1.18. The molecule has 0 spiro atoms. The Balaban J connectivity index is 1.04. The summed E-state index contributed by atoms with van der Waals surface area (Å²) in [4.78, 5) is 33.3. The van der Waals surface area contributed by atoms with Gasteiger partial charge in [0.05, 0.1) is 12.2 Å². The number of hydrogen-bond donors (Lipinski definition) is 2. The van der Waals surface area contributed by atoms with E-state index in [0.717, 1.165) is 75.9 Å². The molecule has 6 fully saturated rings. The summed E-state index contributed by atoms with van der Waals surface area (Å²) in [5.41, 5.74) is 0.535. The lowest BCUT2D eigenvalue weighted by molar-refractivity contribution is -0.157. The zero-order valence-corrected chi connectivity index (χ0v) is 29.8. The summed E-state index contributed by atoms with van der Waals surface area (Å²) >= 11 is 0.